The lowest BCUT2D eigenvalue weighted by atomic mass is 10.2. The lowest BCUT2D eigenvalue weighted by Crippen LogP contribution is -2.32. The first-order valence-corrected chi connectivity index (χ1v) is 8.65. The first-order chi connectivity index (χ1) is 11.5. The van der Waals surface area contributed by atoms with E-state index in [1.165, 1.54) is 0 Å². The molecule has 1 N–H and O–H groups in total. The van der Waals surface area contributed by atoms with Crippen LogP contribution in [0.25, 0.3) is 0 Å². The van der Waals surface area contributed by atoms with Crippen LogP contribution in [0.4, 0.5) is 0 Å². The minimum atomic E-state index is -0.274. The van der Waals surface area contributed by atoms with Crippen LogP contribution in [-0.2, 0) is 11.3 Å². The van der Waals surface area contributed by atoms with Gasteiger partial charge in [0.15, 0.2) is 0 Å². The fraction of sp³-hybridized carbons (Fsp3) is 0.222. The van der Waals surface area contributed by atoms with Gasteiger partial charge in [-0.3, -0.25) is 9.59 Å². The van der Waals surface area contributed by atoms with Crippen molar-refractivity contribution in [3.63, 3.8) is 0 Å². The summed E-state index contributed by atoms with van der Waals surface area (Å²) in [5, 5.41) is 3.12. The van der Waals surface area contributed by atoms with Crippen LogP contribution < -0.4 is 5.32 Å². The van der Waals surface area contributed by atoms with Crippen LogP contribution in [0.1, 0.15) is 22.3 Å². The molecule has 0 bridgehead atoms. The fourth-order valence-corrected chi connectivity index (χ4v) is 2.65. The van der Waals surface area contributed by atoms with Gasteiger partial charge in [-0.1, -0.05) is 51.8 Å². The van der Waals surface area contributed by atoms with Gasteiger partial charge in [0.1, 0.15) is 0 Å². The van der Waals surface area contributed by atoms with Crippen LogP contribution in [-0.4, -0.2) is 30.3 Å². The number of hydrogen-bond donors (Lipinski definition) is 1. The minimum absolute atomic E-state index is 0.0302. The predicted molar refractivity (Wildman–Crippen MR) is 99.0 cm³/mol. The molecule has 0 aromatic heterocycles. The zero-order chi connectivity index (χ0) is 17.5. The van der Waals surface area contributed by atoms with Gasteiger partial charge in [-0.05, 0) is 29.8 Å². The van der Waals surface area contributed by atoms with Crippen molar-refractivity contribution in [1.29, 1.82) is 0 Å². The van der Waals surface area contributed by atoms with Gasteiger partial charge in [-0.15, -0.1) is 0 Å². The van der Waals surface area contributed by atoms with Crippen LogP contribution >= 0.6 is 27.5 Å². The molecule has 0 aliphatic rings. The first-order valence-electron chi connectivity index (χ1n) is 7.48. The zero-order valence-electron chi connectivity index (χ0n) is 13.3. The van der Waals surface area contributed by atoms with E-state index in [1.54, 1.807) is 36.2 Å². The average Bonchev–Trinajstić information content (AvgIpc) is 2.57. The molecule has 0 fully saturated rings. The molecule has 0 heterocycles. The van der Waals surface area contributed by atoms with E-state index in [9.17, 15) is 9.59 Å². The number of rotatable bonds is 6. The SMILES string of the molecule is CN(Cc1ccc(Br)cc1)C(=O)CCNC(=O)c1ccccc1Cl. The summed E-state index contributed by atoms with van der Waals surface area (Å²) in [6, 6.07) is 14.6. The maximum Gasteiger partial charge on any atom is 0.252 e. The van der Waals surface area contributed by atoms with Crippen molar-refractivity contribution in [2.24, 2.45) is 0 Å². The Bertz CT molecular complexity index is 719. The standard InChI is InChI=1S/C18H18BrClN2O2/c1-22(12-13-6-8-14(19)9-7-13)17(23)10-11-21-18(24)15-4-2-3-5-16(15)20/h2-9H,10-12H2,1H3,(H,21,24). The van der Waals surface area contributed by atoms with E-state index in [0.29, 0.717) is 17.1 Å². The van der Waals surface area contributed by atoms with Crippen LogP contribution in [0.5, 0.6) is 0 Å². The van der Waals surface area contributed by atoms with E-state index in [-0.39, 0.29) is 24.8 Å². The molecule has 4 nitrogen and oxygen atoms in total. The Balaban J connectivity index is 1.79. The molecule has 2 amide bonds. The monoisotopic (exact) mass is 408 g/mol. The summed E-state index contributed by atoms with van der Waals surface area (Å²) in [5.41, 5.74) is 1.46. The minimum Gasteiger partial charge on any atom is -0.351 e. The second-order valence-electron chi connectivity index (χ2n) is 5.36. The third kappa shape index (κ3) is 5.35. The number of nitrogens with zero attached hydrogens (tertiary/aromatic N) is 1. The summed E-state index contributed by atoms with van der Waals surface area (Å²) >= 11 is 9.36. The number of hydrogen-bond acceptors (Lipinski definition) is 2. The average molecular weight is 410 g/mol. The summed E-state index contributed by atoms with van der Waals surface area (Å²) in [6.45, 7) is 0.804. The van der Waals surface area contributed by atoms with Crippen molar-refractivity contribution in [1.82, 2.24) is 10.2 Å². The topological polar surface area (TPSA) is 49.4 Å². The number of carbonyl (C=O) groups excluding carboxylic acids is 2. The highest BCUT2D eigenvalue weighted by molar-refractivity contribution is 9.10. The molecular weight excluding hydrogens is 392 g/mol. The van der Waals surface area contributed by atoms with Gasteiger partial charge in [0.2, 0.25) is 5.91 Å². The quantitative estimate of drug-likeness (QED) is 0.787. The van der Waals surface area contributed by atoms with Gasteiger partial charge in [-0.25, -0.2) is 0 Å². The molecule has 0 aliphatic carbocycles. The molecule has 0 radical (unpaired) electrons. The Labute approximate surface area is 154 Å². The molecule has 0 spiro atoms. The van der Waals surface area contributed by atoms with Crippen LogP contribution in [0, 0.1) is 0 Å². The summed E-state index contributed by atoms with van der Waals surface area (Å²) in [6.07, 6.45) is 0.239. The maximum absolute atomic E-state index is 12.1. The zero-order valence-corrected chi connectivity index (χ0v) is 15.6. The normalized spacial score (nSPS) is 10.3. The summed E-state index contributed by atoms with van der Waals surface area (Å²) in [4.78, 5) is 25.8. The Morgan fingerprint density at radius 3 is 2.46 bits per heavy atom. The second-order valence-corrected chi connectivity index (χ2v) is 6.68. The molecule has 2 rings (SSSR count). The van der Waals surface area contributed by atoms with Crippen molar-refractivity contribution in [3.8, 4) is 0 Å². The summed E-state index contributed by atoms with van der Waals surface area (Å²) in [7, 11) is 1.75. The van der Waals surface area contributed by atoms with E-state index in [2.05, 4.69) is 21.2 Å². The fourth-order valence-electron chi connectivity index (χ4n) is 2.17. The summed E-state index contributed by atoms with van der Waals surface area (Å²) in [5.74, 6) is -0.304. The third-order valence-corrected chi connectivity index (χ3v) is 4.36. The molecule has 2 aromatic carbocycles. The van der Waals surface area contributed by atoms with Gasteiger partial charge in [0.05, 0.1) is 10.6 Å². The summed E-state index contributed by atoms with van der Waals surface area (Å²) < 4.78 is 1.00. The molecule has 0 unspecified atom stereocenters. The van der Waals surface area contributed by atoms with Crippen molar-refractivity contribution in [3.05, 3.63) is 69.2 Å². The predicted octanol–water partition coefficient (Wildman–Crippen LogP) is 3.88. The molecular formula is C18H18BrClN2O2. The highest BCUT2D eigenvalue weighted by Crippen LogP contribution is 2.14. The van der Waals surface area contributed by atoms with Gasteiger partial charge in [0.25, 0.3) is 5.91 Å². The number of nitrogens with one attached hydrogen (secondary N) is 1. The van der Waals surface area contributed by atoms with Gasteiger partial charge in [0, 0.05) is 31.0 Å². The van der Waals surface area contributed by atoms with E-state index in [4.69, 9.17) is 11.6 Å². The van der Waals surface area contributed by atoms with Crippen molar-refractivity contribution in [2.75, 3.05) is 13.6 Å². The maximum atomic E-state index is 12.1. The molecule has 0 atom stereocenters. The Morgan fingerprint density at radius 1 is 1.12 bits per heavy atom. The van der Waals surface area contributed by atoms with E-state index < -0.39 is 0 Å². The molecule has 2 aromatic rings. The van der Waals surface area contributed by atoms with Crippen LogP contribution in [0.2, 0.25) is 5.02 Å². The lowest BCUT2D eigenvalue weighted by Gasteiger charge is -2.17. The van der Waals surface area contributed by atoms with E-state index in [1.807, 2.05) is 24.3 Å². The Hall–Kier alpha value is -1.85. The number of halogens is 2. The number of amides is 2. The highest BCUT2D eigenvalue weighted by atomic mass is 79.9. The largest absolute Gasteiger partial charge is 0.351 e. The molecule has 24 heavy (non-hydrogen) atoms. The smallest absolute Gasteiger partial charge is 0.252 e. The first kappa shape index (κ1) is 18.5. The number of benzene rings is 2. The van der Waals surface area contributed by atoms with Crippen molar-refractivity contribution < 1.29 is 9.59 Å². The molecule has 0 saturated heterocycles. The van der Waals surface area contributed by atoms with Crippen molar-refractivity contribution >= 4 is 39.3 Å². The van der Waals surface area contributed by atoms with Crippen molar-refractivity contribution in [2.45, 2.75) is 13.0 Å². The molecule has 0 saturated carbocycles. The van der Waals surface area contributed by atoms with Crippen LogP contribution in [0.15, 0.2) is 53.0 Å². The van der Waals surface area contributed by atoms with Gasteiger partial charge >= 0.3 is 0 Å². The highest BCUT2D eigenvalue weighted by Gasteiger charge is 2.12. The molecule has 0 aliphatic heterocycles. The van der Waals surface area contributed by atoms with Crippen LogP contribution in [0.3, 0.4) is 0 Å². The molecule has 126 valence electrons. The second kappa shape index (κ2) is 8.85. The number of carbonyl (C=O) groups is 2. The van der Waals surface area contributed by atoms with E-state index >= 15 is 0 Å². The lowest BCUT2D eigenvalue weighted by molar-refractivity contribution is -0.130. The Morgan fingerprint density at radius 2 is 1.79 bits per heavy atom. The molecule has 6 heteroatoms. The van der Waals surface area contributed by atoms with Gasteiger partial charge in [-0.2, -0.15) is 0 Å². The Kier molecular flexibility index (Phi) is 6.82. The third-order valence-electron chi connectivity index (χ3n) is 3.50. The van der Waals surface area contributed by atoms with Gasteiger partial charge < -0.3 is 10.2 Å². The van der Waals surface area contributed by atoms with E-state index in [0.717, 1.165) is 10.0 Å².